The maximum Gasteiger partial charge on any atom is 0.445 e. The number of hydrogen-bond acceptors (Lipinski definition) is 0. The van der Waals surface area contributed by atoms with Gasteiger partial charge in [-0.2, -0.15) is 17.6 Å². The Hall–Kier alpha value is -2.64. The molecule has 0 aromatic heterocycles. The summed E-state index contributed by atoms with van der Waals surface area (Å²) in [4.78, 5) is 0. The van der Waals surface area contributed by atoms with Crippen molar-refractivity contribution >= 4 is 11.7 Å². The van der Waals surface area contributed by atoms with Gasteiger partial charge in [0.05, 0.1) is 0 Å². The van der Waals surface area contributed by atoms with E-state index in [-0.39, 0.29) is 5.56 Å². The largest absolute Gasteiger partial charge is 0.445 e. The highest BCUT2D eigenvalue weighted by Gasteiger charge is 2.38. The zero-order chi connectivity index (χ0) is 19.5. The fraction of sp³-hybridized carbons (Fsp3) is 0.111. The fourth-order valence-corrected chi connectivity index (χ4v) is 2.08. The van der Waals surface area contributed by atoms with E-state index in [2.05, 4.69) is 0 Å². The van der Waals surface area contributed by atoms with Crippen LogP contribution in [0.3, 0.4) is 0 Å². The van der Waals surface area contributed by atoms with Gasteiger partial charge in [-0.15, -0.1) is 0 Å². The monoisotopic (exact) mass is 378 g/mol. The van der Waals surface area contributed by atoms with Gasteiger partial charge in [0.25, 0.3) is 0 Å². The Bertz CT molecular complexity index is 827. The first-order chi connectivity index (χ1) is 12.1. The smallest absolute Gasteiger partial charge is 0.243 e. The second kappa shape index (κ2) is 7.72. The van der Waals surface area contributed by atoms with Crippen molar-refractivity contribution in [1.82, 2.24) is 0 Å². The third kappa shape index (κ3) is 4.30. The Morgan fingerprint density at radius 2 is 1.04 bits per heavy atom. The third-order valence-corrected chi connectivity index (χ3v) is 3.41. The maximum absolute atomic E-state index is 13.5. The van der Waals surface area contributed by atoms with Crippen molar-refractivity contribution in [1.29, 1.82) is 0 Å². The van der Waals surface area contributed by atoms with Crippen LogP contribution < -0.4 is 0 Å². The molecule has 0 aliphatic heterocycles. The summed E-state index contributed by atoms with van der Waals surface area (Å²) in [6, 6.07) is 9.45. The molecule has 0 nitrogen and oxygen atoms in total. The van der Waals surface area contributed by atoms with Crippen LogP contribution in [0.5, 0.6) is 0 Å². The molecule has 2 aromatic carbocycles. The highest BCUT2D eigenvalue weighted by molar-refractivity contribution is 5.71. The van der Waals surface area contributed by atoms with E-state index >= 15 is 0 Å². The molecule has 0 saturated carbocycles. The molecule has 0 radical (unpaired) electrons. The van der Waals surface area contributed by atoms with Gasteiger partial charge in [0.15, 0.2) is 17.5 Å². The highest BCUT2D eigenvalue weighted by Crippen LogP contribution is 2.35. The molecule has 26 heavy (non-hydrogen) atoms. The molecule has 0 saturated heterocycles. The molecule has 2 aromatic rings. The first-order valence-corrected chi connectivity index (χ1v) is 7.09. The number of allylic oxidation sites excluding steroid dienone is 2. The molecule has 0 aliphatic rings. The number of rotatable bonds is 4. The maximum atomic E-state index is 13.5. The van der Waals surface area contributed by atoms with Crippen LogP contribution in [-0.2, 0) is 0 Å². The summed E-state index contributed by atoms with van der Waals surface area (Å²) in [7, 11) is 0. The summed E-state index contributed by atoms with van der Waals surface area (Å²) in [5, 5.41) is 0. The van der Waals surface area contributed by atoms with Crippen LogP contribution >= 0.6 is 0 Å². The van der Waals surface area contributed by atoms with E-state index in [0.717, 1.165) is 12.1 Å². The summed E-state index contributed by atoms with van der Waals surface area (Å²) in [5.74, 6) is -7.75. The Kier molecular flexibility index (Phi) is 5.84. The zero-order valence-electron chi connectivity index (χ0n) is 12.8. The van der Waals surface area contributed by atoms with Crippen LogP contribution in [0, 0.1) is 0 Å². The zero-order valence-corrected chi connectivity index (χ0v) is 12.8. The normalized spacial score (nSPS) is 14.0. The molecule has 0 spiro atoms. The molecule has 0 unspecified atom stereocenters. The molecule has 0 N–H and O–H groups in total. The van der Waals surface area contributed by atoms with Crippen molar-refractivity contribution in [2.45, 2.75) is 6.18 Å². The topological polar surface area (TPSA) is 0 Å². The average molecular weight is 378 g/mol. The summed E-state index contributed by atoms with van der Waals surface area (Å²) < 4.78 is 101. The summed E-state index contributed by atoms with van der Waals surface area (Å²) in [5.41, 5.74) is 0.0752. The van der Waals surface area contributed by atoms with Gasteiger partial charge in [0.1, 0.15) is 6.67 Å². The van der Waals surface area contributed by atoms with Crippen LogP contribution in [0.15, 0.2) is 60.2 Å². The van der Waals surface area contributed by atoms with Crippen LogP contribution in [-0.4, -0.2) is 12.9 Å². The lowest BCUT2D eigenvalue weighted by atomic mass is 10.0. The van der Waals surface area contributed by atoms with Crippen LogP contribution in [0.2, 0.25) is 0 Å². The van der Waals surface area contributed by atoms with Crippen molar-refractivity contribution in [2.24, 2.45) is 0 Å². The average Bonchev–Trinajstić information content (AvgIpc) is 2.65. The molecule has 0 aliphatic carbocycles. The van der Waals surface area contributed by atoms with Crippen LogP contribution in [0.4, 0.5) is 35.1 Å². The molecule has 0 atom stereocenters. The van der Waals surface area contributed by atoms with Gasteiger partial charge in [0, 0.05) is 11.1 Å². The molecule has 2 rings (SSSR count). The first-order valence-electron chi connectivity index (χ1n) is 7.09. The van der Waals surface area contributed by atoms with Crippen molar-refractivity contribution < 1.29 is 35.1 Å². The van der Waals surface area contributed by atoms with Crippen molar-refractivity contribution in [3.63, 3.8) is 0 Å². The summed E-state index contributed by atoms with van der Waals surface area (Å²) >= 11 is 0. The minimum absolute atomic E-state index is 0.193. The highest BCUT2D eigenvalue weighted by atomic mass is 19.4. The van der Waals surface area contributed by atoms with Gasteiger partial charge < -0.3 is 0 Å². The molecular formula is C18H10F8. The van der Waals surface area contributed by atoms with Crippen LogP contribution in [0.25, 0.3) is 22.8 Å². The Labute approximate surface area is 143 Å². The van der Waals surface area contributed by atoms with E-state index in [0.29, 0.717) is 11.1 Å². The Balaban J connectivity index is 2.29. The van der Waals surface area contributed by atoms with Gasteiger partial charge in [-0.3, -0.25) is 0 Å². The van der Waals surface area contributed by atoms with Gasteiger partial charge in [-0.25, -0.2) is 17.6 Å². The van der Waals surface area contributed by atoms with Gasteiger partial charge in [-0.1, -0.05) is 48.5 Å². The third-order valence-electron chi connectivity index (χ3n) is 3.41. The van der Waals surface area contributed by atoms with Crippen LogP contribution in [0.1, 0.15) is 11.1 Å². The minimum Gasteiger partial charge on any atom is -0.243 e. The quantitative estimate of drug-likeness (QED) is 0.498. The van der Waals surface area contributed by atoms with E-state index < -0.39 is 41.7 Å². The molecule has 8 heteroatoms. The minimum atomic E-state index is -5.43. The Morgan fingerprint density at radius 3 is 1.38 bits per heavy atom. The lowest BCUT2D eigenvalue weighted by Gasteiger charge is -2.07. The van der Waals surface area contributed by atoms with Crippen molar-refractivity contribution in [3.8, 4) is 11.1 Å². The second-order valence-corrected chi connectivity index (χ2v) is 5.13. The van der Waals surface area contributed by atoms with Gasteiger partial charge in [-0.05, 0) is 11.1 Å². The Morgan fingerprint density at radius 1 is 0.654 bits per heavy atom. The molecule has 0 heterocycles. The van der Waals surface area contributed by atoms with Crippen molar-refractivity contribution in [2.75, 3.05) is 6.67 Å². The van der Waals surface area contributed by atoms with E-state index in [1.807, 2.05) is 0 Å². The molecule has 0 amide bonds. The second-order valence-electron chi connectivity index (χ2n) is 5.13. The summed E-state index contributed by atoms with van der Waals surface area (Å²) in [6.07, 6.45) is -5.43. The number of hydrogen-bond donors (Lipinski definition) is 0. The van der Waals surface area contributed by atoms with E-state index in [4.69, 9.17) is 0 Å². The number of alkyl halides is 4. The fourth-order valence-electron chi connectivity index (χ4n) is 2.08. The van der Waals surface area contributed by atoms with Gasteiger partial charge >= 0.3 is 6.18 Å². The standard InChI is InChI=1S/C18H10F8/c19-9-14(20)15(21)12-5-1-10(2-6-12)11-3-7-13(8-4-11)16(22)17(23)18(24,25)26/h1-8H,9H2. The molecule has 0 fully saturated rings. The van der Waals surface area contributed by atoms with E-state index in [1.54, 1.807) is 0 Å². The summed E-state index contributed by atoms with van der Waals surface area (Å²) in [6.45, 7) is -1.58. The van der Waals surface area contributed by atoms with E-state index in [9.17, 15) is 35.1 Å². The lowest BCUT2D eigenvalue weighted by molar-refractivity contribution is -0.108. The predicted molar refractivity (Wildman–Crippen MR) is 82.2 cm³/mol. The molecule has 138 valence electrons. The first kappa shape index (κ1) is 19.7. The van der Waals surface area contributed by atoms with Gasteiger partial charge in [0.2, 0.25) is 5.83 Å². The van der Waals surface area contributed by atoms with Crippen molar-refractivity contribution in [3.05, 3.63) is 71.3 Å². The number of halogens is 8. The number of benzene rings is 2. The molecule has 0 bridgehead atoms. The molecular weight excluding hydrogens is 368 g/mol. The van der Waals surface area contributed by atoms with E-state index in [1.165, 1.54) is 36.4 Å². The predicted octanol–water partition coefficient (Wildman–Crippen LogP) is 7.10. The lowest BCUT2D eigenvalue weighted by Crippen LogP contribution is -2.09. The SMILES string of the molecule is FCC(F)=C(F)c1ccc(-c2ccc(C(F)=C(F)C(F)(F)F)cc2)cc1.